The van der Waals surface area contributed by atoms with Gasteiger partial charge < -0.3 is 5.73 Å². The Morgan fingerprint density at radius 3 is 2.46 bits per heavy atom. The van der Waals surface area contributed by atoms with Crippen molar-refractivity contribution in [3.05, 3.63) is 0 Å². The van der Waals surface area contributed by atoms with E-state index in [-0.39, 0.29) is 18.1 Å². The lowest BCUT2D eigenvalue weighted by molar-refractivity contribution is 0.477. The summed E-state index contributed by atoms with van der Waals surface area (Å²) in [5, 5.41) is 6.95. The van der Waals surface area contributed by atoms with Crippen molar-refractivity contribution < 1.29 is 8.42 Å². The van der Waals surface area contributed by atoms with Gasteiger partial charge in [-0.1, -0.05) is 6.92 Å². The van der Waals surface area contributed by atoms with Gasteiger partial charge in [-0.25, -0.2) is 12.7 Å². The summed E-state index contributed by atoms with van der Waals surface area (Å²) >= 11 is 0. The predicted molar refractivity (Wildman–Crippen MR) is 53.2 cm³/mol. The van der Waals surface area contributed by atoms with Crippen LogP contribution in [0.25, 0.3) is 0 Å². The molecule has 0 heterocycles. The van der Waals surface area contributed by atoms with E-state index in [1.807, 2.05) is 6.92 Å². The van der Waals surface area contributed by atoms with Gasteiger partial charge in [-0.3, -0.25) is 5.41 Å². The summed E-state index contributed by atoms with van der Waals surface area (Å²) in [6.45, 7) is 2.11. The van der Waals surface area contributed by atoms with E-state index >= 15 is 0 Å². The van der Waals surface area contributed by atoms with Gasteiger partial charge in [-0.15, -0.1) is 0 Å². The predicted octanol–water partition coefficient (Wildman–Crippen LogP) is -0.0159. The van der Waals surface area contributed by atoms with Gasteiger partial charge >= 0.3 is 0 Å². The molecular formula is C7H17N3O2S. The van der Waals surface area contributed by atoms with E-state index in [9.17, 15) is 8.42 Å². The first-order valence-electron chi connectivity index (χ1n) is 4.17. The standard InChI is InChI=1S/C7H17N3O2S/c1-3-6-13(11,12)10(2)5-4-7(8)9/h3-6H2,1-2H3,(H3,8,9). The van der Waals surface area contributed by atoms with E-state index in [0.717, 1.165) is 0 Å². The van der Waals surface area contributed by atoms with Crippen molar-refractivity contribution in [1.82, 2.24) is 4.31 Å². The number of sulfonamides is 1. The fraction of sp³-hybridized carbons (Fsp3) is 0.857. The minimum Gasteiger partial charge on any atom is -0.388 e. The molecule has 3 N–H and O–H groups in total. The van der Waals surface area contributed by atoms with Crippen molar-refractivity contribution in [2.75, 3.05) is 19.3 Å². The molecule has 0 fully saturated rings. The molecule has 0 aliphatic rings. The highest BCUT2D eigenvalue weighted by atomic mass is 32.2. The SMILES string of the molecule is CCCS(=O)(=O)N(C)CCC(=N)N. The van der Waals surface area contributed by atoms with E-state index < -0.39 is 10.0 Å². The summed E-state index contributed by atoms with van der Waals surface area (Å²) in [6, 6.07) is 0. The van der Waals surface area contributed by atoms with Crippen molar-refractivity contribution in [2.45, 2.75) is 19.8 Å². The van der Waals surface area contributed by atoms with Gasteiger partial charge in [0.2, 0.25) is 10.0 Å². The third-order valence-corrected chi connectivity index (χ3v) is 3.69. The molecule has 0 unspecified atom stereocenters. The van der Waals surface area contributed by atoms with Crippen LogP contribution in [0.4, 0.5) is 0 Å². The van der Waals surface area contributed by atoms with Crippen LogP contribution in [-0.2, 0) is 10.0 Å². The number of hydrogen-bond acceptors (Lipinski definition) is 3. The molecule has 0 aliphatic carbocycles. The van der Waals surface area contributed by atoms with E-state index in [1.54, 1.807) is 0 Å². The molecule has 13 heavy (non-hydrogen) atoms. The molecule has 0 saturated carbocycles. The maximum atomic E-state index is 11.4. The third-order valence-electron chi connectivity index (χ3n) is 1.63. The van der Waals surface area contributed by atoms with Crippen LogP contribution in [0, 0.1) is 5.41 Å². The molecule has 0 saturated heterocycles. The van der Waals surface area contributed by atoms with Crippen LogP contribution >= 0.6 is 0 Å². The Morgan fingerprint density at radius 2 is 2.08 bits per heavy atom. The van der Waals surface area contributed by atoms with Crippen molar-refractivity contribution >= 4 is 15.9 Å². The maximum Gasteiger partial charge on any atom is 0.213 e. The van der Waals surface area contributed by atoms with Crippen LogP contribution in [0.2, 0.25) is 0 Å². The average molecular weight is 207 g/mol. The largest absolute Gasteiger partial charge is 0.388 e. The molecule has 0 radical (unpaired) electrons. The van der Waals surface area contributed by atoms with Crippen molar-refractivity contribution in [3.8, 4) is 0 Å². The molecule has 0 spiro atoms. The molecule has 5 nitrogen and oxygen atoms in total. The first-order valence-corrected chi connectivity index (χ1v) is 5.78. The van der Waals surface area contributed by atoms with E-state index in [0.29, 0.717) is 12.8 Å². The Morgan fingerprint density at radius 1 is 1.54 bits per heavy atom. The van der Waals surface area contributed by atoms with E-state index in [1.165, 1.54) is 11.4 Å². The maximum absolute atomic E-state index is 11.4. The van der Waals surface area contributed by atoms with Crippen LogP contribution in [0.1, 0.15) is 19.8 Å². The third kappa shape index (κ3) is 4.84. The summed E-state index contributed by atoms with van der Waals surface area (Å²) in [5.41, 5.74) is 5.12. The molecule has 0 aliphatic heterocycles. The van der Waals surface area contributed by atoms with Crippen molar-refractivity contribution in [3.63, 3.8) is 0 Å². The first-order chi connectivity index (χ1) is 5.90. The summed E-state index contributed by atoms with van der Waals surface area (Å²) < 4.78 is 24.0. The highest BCUT2D eigenvalue weighted by Crippen LogP contribution is 2.00. The number of nitrogens with zero attached hydrogens (tertiary/aromatic N) is 1. The Balaban J connectivity index is 4.09. The van der Waals surface area contributed by atoms with Crippen LogP contribution in [-0.4, -0.2) is 37.9 Å². The highest BCUT2D eigenvalue weighted by molar-refractivity contribution is 7.89. The Labute approximate surface area is 79.5 Å². The Bertz CT molecular complexity index is 261. The molecule has 0 atom stereocenters. The zero-order valence-electron chi connectivity index (χ0n) is 8.08. The van der Waals surface area contributed by atoms with Crippen LogP contribution in [0.5, 0.6) is 0 Å². The number of nitrogens with two attached hydrogens (primary N) is 1. The van der Waals surface area contributed by atoms with Gasteiger partial charge in [-0.2, -0.15) is 0 Å². The van der Waals surface area contributed by atoms with Crippen LogP contribution in [0.3, 0.4) is 0 Å². The number of hydrogen-bond donors (Lipinski definition) is 2. The van der Waals surface area contributed by atoms with E-state index in [2.05, 4.69) is 0 Å². The minimum atomic E-state index is -3.12. The second-order valence-electron chi connectivity index (χ2n) is 2.91. The first kappa shape index (κ1) is 12.4. The fourth-order valence-corrected chi connectivity index (χ4v) is 2.03. The minimum absolute atomic E-state index is 0.0125. The van der Waals surface area contributed by atoms with Crippen LogP contribution in [0.15, 0.2) is 0 Å². The van der Waals surface area contributed by atoms with Crippen molar-refractivity contribution in [2.24, 2.45) is 5.73 Å². The number of nitrogens with one attached hydrogen (secondary N) is 1. The molecule has 0 aromatic rings. The zero-order chi connectivity index (χ0) is 10.5. The lowest BCUT2D eigenvalue weighted by Crippen LogP contribution is -2.32. The molecule has 0 bridgehead atoms. The number of rotatable bonds is 6. The molecule has 6 heteroatoms. The summed E-state index contributed by atoms with van der Waals surface area (Å²) in [6.07, 6.45) is 0.895. The number of amidine groups is 1. The topological polar surface area (TPSA) is 87.2 Å². The lowest BCUT2D eigenvalue weighted by Gasteiger charge is -2.15. The van der Waals surface area contributed by atoms with Crippen molar-refractivity contribution in [1.29, 1.82) is 5.41 Å². The normalized spacial score (nSPS) is 11.9. The highest BCUT2D eigenvalue weighted by Gasteiger charge is 2.15. The molecule has 78 valence electrons. The summed E-state index contributed by atoms with van der Waals surface area (Å²) in [7, 11) is -1.62. The Kier molecular flexibility index (Phi) is 4.94. The van der Waals surface area contributed by atoms with Gasteiger partial charge in [0.25, 0.3) is 0 Å². The second kappa shape index (κ2) is 5.18. The molecular weight excluding hydrogens is 190 g/mol. The Hall–Kier alpha value is -0.620. The molecule has 0 rings (SSSR count). The van der Waals surface area contributed by atoms with E-state index in [4.69, 9.17) is 11.1 Å². The van der Waals surface area contributed by atoms with Gasteiger partial charge in [0.1, 0.15) is 0 Å². The second-order valence-corrected chi connectivity index (χ2v) is 5.11. The average Bonchev–Trinajstić information content (AvgIpc) is 1.99. The quantitative estimate of drug-likeness (QED) is 0.474. The monoisotopic (exact) mass is 207 g/mol. The summed E-state index contributed by atoms with van der Waals surface area (Å²) in [5.74, 6) is 0.167. The molecule has 0 aromatic heterocycles. The zero-order valence-corrected chi connectivity index (χ0v) is 8.89. The van der Waals surface area contributed by atoms with Gasteiger partial charge in [0.05, 0.1) is 11.6 Å². The van der Waals surface area contributed by atoms with Crippen LogP contribution < -0.4 is 5.73 Å². The lowest BCUT2D eigenvalue weighted by atomic mass is 10.4. The molecule has 0 aromatic carbocycles. The summed E-state index contributed by atoms with van der Waals surface area (Å²) in [4.78, 5) is 0. The fourth-order valence-electron chi connectivity index (χ4n) is 0.831. The van der Waals surface area contributed by atoms with Gasteiger partial charge in [0.15, 0.2) is 0 Å². The molecule has 0 amide bonds. The van der Waals surface area contributed by atoms with Gasteiger partial charge in [0, 0.05) is 20.0 Å². The van der Waals surface area contributed by atoms with Gasteiger partial charge in [-0.05, 0) is 6.42 Å². The smallest absolute Gasteiger partial charge is 0.213 e.